The van der Waals surface area contributed by atoms with Crippen LogP contribution in [0.3, 0.4) is 0 Å². The number of rotatable bonds is 9. The number of carbonyl (C=O) groups is 1. The van der Waals surface area contributed by atoms with E-state index in [0.29, 0.717) is 13.0 Å². The Hall–Kier alpha value is -0.620. The molecule has 3 nitrogen and oxygen atoms in total. The SMILES string of the molecule is C.CC[N+](CC)(CCOc1cccc(C)c1)CCC(C)=O.[I-]. The highest BCUT2D eigenvalue weighted by molar-refractivity contribution is 5.75. The van der Waals surface area contributed by atoms with Crippen molar-refractivity contribution in [3.63, 3.8) is 0 Å². The highest BCUT2D eigenvalue weighted by Crippen LogP contribution is 2.14. The van der Waals surface area contributed by atoms with Gasteiger partial charge in [-0.1, -0.05) is 19.6 Å². The molecule has 1 rings (SSSR count). The van der Waals surface area contributed by atoms with Crippen LogP contribution in [0, 0.1) is 6.92 Å². The Morgan fingerprint density at radius 1 is 1.18 bits per heavy atom. The minimum atomic E-state index is 0. The third-order valence-electron chi connectivity index (χ3n) is 4.10. The Balaban J connectivity index is 0. The van der Waals surface area contributed by atoms with Crippen molar-refractivity contribution in [1.29, 1.82) is 0 Å². The molecule has 0 bridgehead atoms. The maximum Gasteiger partial charge on any atom is 0.137 e. The van der Waals surface area contributed by atoms with Crippen LogP contribution in [0.1, 0.15) is 40.2 Å². The van der Waals surface area contributed by atoms with Gasteiger partial charge >= 0.3 is 0 Å². The van der Waals surface area contributed by atoms with E-state index in [1.165, 1.54) is 5.56 Å². The average molecular weight is 421 g/mol. The van der Waals surface area contributed by atoms with Gasteiger partial charge in [-0.05, 0) is 45.4 Å². The molecule has 0 fully saturated rings. The second-order valence-electron chi connectivity index (χ2n) is 5.54. The number of ketones is 1. The molecule has 0 aliphatic heterocycles. The second kappa shape index (κ2) is 11.9. The fourth-order valence-electron chi connectivity index (χ4n) is 2.42. The van der Waals surface area contributed by atoms with Crippen LogP contribution in [-0.2, 0) is 4.79 Å². The molecule has 128 valence electrons. The molecular weight excluding hydrogens is 389 g/mol. The zero-order valence-corrected chi connectivity index (χ0v) is 15.9. The Kier molecular flexibility index (Phi) is 12.8. The minimum absolute atomic E-state index is 0. The van der Waals surface area contributed by atoms with Crippen molar-refractivity contribution < 1.29 is 38.0 Å². The summed E-state index contributed by atoms with van der Waals surface area (Å²) in [7, 11) is 0. The van der Waals surface area contributed by atoms with Gasteiger partial charge in [0.1, 0.15) is 24.7 Å². The summed E-state index contributed by atoms with van der Waals surface area (Å²) in [4.78, 5) is 11.2. The van der Waals surface area contributed by atoms with E-state index in [2.05, 4.69) is 32.9 Å². The van der Waals surface area contributed by atoms with E-state index in [1.54, 1.807) is 6.92 Å². The first kappa shape index (κ1) is 23.6. The second-order valence-corrected chi connectivity index (χ2v) is 5.54. The Morgan fingerprint density at radius 3 is 2.32 bits per heavy atom. The molecule has 0 saturated carbocycles. The molecule has 0 spiro atoms. The van der Waals surface area contributed by atoms with Gasteiger partial charge in [-0.25, -0.2) is 0 Å². The molecule has 4 heteroatoms. The summed E-state index contributed by atoms with van der Waals surface area (Å²) in [6, 6.07) is 8.14. The van der Waals surface area contributed by atoms with Crippen LogP contribution in [0.2, 0.25) is 0 Å². The van der Waals surface area contributed by atoms with Gasteiger partial charge in [0.25, 0.3) is 0 Å². The van der Waals surface area contributed by atoms with E-state index in [-0.39, 0.29) is 37.2 Å². The van der Waals surface area contributed by atoms with Gasteiger partial charge in [-0.3, -0.25) is 4.79 Å². The first-order valence-electron chi connectivity index (χ1n) is 7.55. The molecule has 0 aromatic heterocycles. The Morgan fingerprint density at radius 2 is 1.82 bits per heavy atom. The van der Waals surface area contributed by atoms with Crippen LogP contribution in [0.25, 0.3) is 0 Å². The molecule has 1 aromatic rings. The van der Waals surface area contributed by atoms with Crippen LogP contribution in [0.4, 0.5) is 0 Å². The normalized spacial score (nSPS) is 10.4. The zero-order chi connectivity index (χ0) is 15.0. The van der Waals surface area contributed by atoms with Crippen LogP contribution >= 0.6 is 0 Å². The molecule has 0 radical (unpaired) electrons. The summed E-state index contributed by atoms with van der Waals surface area (Å²) in [5.41, 5.74) is 1.21. The lowest BCUT2D eigenvalue weighted by atomic mass is 10.2. The van der Waals surface area contributed by atoms with Crippen molar-refractivity contribution in [3.05, 3.63) is 29.8 Å². The van der Waals surface area contributed by atoms with E-state index in [0.717, 1.165) is 36.4 Å². The van der Waals surface area contributed by atoms with Crippen molar-refractivity contribution in [2.75, 3.05) is 32.8 Å². The lowest BCUT2D eigenvalue weighted by Crippen LogP contribution is -3.00. The quantitative estimate of drug-likeness (QED) is 0.437. The molecule has 0 N–H and O–H groups in total. The molecule has 0 heterocycles. The monoisotopic (exact) mass is 421 g/mol. The van der Waals surface area contributed by atoms with Crippen LogP contribution in [-0.4, -0.2) is 43.1 Å². The highest BCUT2D eigenvalue weighted by atomic mass is 127. The molecule has 0 unspecified atom stereocenters. The summed E-state index contributed by atoms with van der Waals surface area (Å²) in [6.45, 7) is 12.8. The third-order valence-corrected chi connectivity index (χ3v) is 4.10. The molecule has 0 aliphatic rings. The van der Waals surface area contributed by atoms with E-state index in [9.17, 15) is 4.79 Å². The number of halogens is 1. The van der Waals surface area contributed by atoms with E-state index in [1.807, 2.05) is 12.1 Å². The number of Topliss-reactive ketones (excluding diaryl/α,β-unsaturated/α-hetero) is 1. The van der Waals surface area contributed by atoms with Crippen molar-refractivity contribution in [2.45, 2.75) is 41.5 Å². The largest absolute Gasteiger partial charge is 1.00 e. The summed E-state index contributed by atoms with van der Waals surface area (Å²) in [6.07, 6.45) is 0.659. The van der Waals surface area contributed by atoms with Gasteiger partial charge in [0.15, 0.2) is 0 Å². The van der Waals surface area contributed by atoms with E-state index in [4.69, 9.17) is 4.74 Å². The van der Waals surface area contributed by atoms with Gasteiger partial charge in [0.05, 0.1) is 26.1 Å². The summed E-state index contributed by atoms with van der Waals surface area (Å²) in [5.74, 6) is 1.20. The number of hydrogen-bond donors (Lipinski definition) is 0. The number of carbonyl (C=O) groups excluding carboxylic acids is 1. The first-order valence-corrected chi connectivity index (χ1v) is 7.55. The predicted molar refractivity (Wildman–Crippen MR) is 89.8 cm³/mol. The van der Waals surface area contributed by atoms with Gasteiger partial charge in [-0.15, -0.1) is 0 Å². The molecular formula is C18H32INO2. The Labute approximate surface area is 153 Å². The fourth-order valence-corrected chi connectivity index (χ4v) is 2.42. The topological polar surface area (TPSA) is 26.3 Å². The molecule has 0 amide bonds. The Bertz CT molecular complexity index is 431. The van der Waals surface area contributed by atoms with Crippen molar-refractivity contribution in [3.8, 4) is 5.75 Å². The predicted octanol–water partition coefficient (Wildman–Crippen LogP) is 0.850. The number of hydrogen-bond acceptors (Lipinski definition) is 2. The van der Waals surface area contributed by atoms with E-state index >= 15 is 0 Å². The summed E-state index contributed by atoms with van der Waals surface area (Å²) in [5, 5.41) is 0. The molecule has 1 aromatic carbocycles. The van der Waals surface area contributed by atoms with Gasteiger partial charge in [-0.2, -0.15) is 0 Å². The lowest BCUT2D eigenvalue weighted by Gasteiger charge is -2.36. The molecule has 0 aliphatic carbocycles. The summed E-state index contributed by atoms with van der Waals surface area (Å²) < 4.78 is 6.80. The van der Waals surface area contributed by atoms with Gasteiger partial charge in [0.2, 0.25) is 0 Å². The number of aryl methyl sites for hydroxylation is 1. The number of nitrogens with zero attached hydrogens (tertiary/aromatic N) is 1. The standard InChI is InChI=1S/C17H28NO2.CH4.HI/c1-5-18(6-2,11-10-16(4)19)12-13-20-17-9-7-8-15(3)14-17;;/h7-9,14H,5-6,10-13H2,1-4H3;1H4;1H/q+1;;/p-1. The highest BCUT2D eigenvalue weighted by Gasteiger charge is 2.23. The number of benzene rings is 1. The van der Waals surface area contributed by atoms with Crippen molar-refractivity contribution in [1.82, 2.24) is 0 Å². The molecule has 0 atom stereocenters. The number of likely N-dealkylation sites (N-methyl/N-ethyl adjacent to an activating group) is 1. The fraction of sp³-hybridized carbons (Fsp3) is 0.611. The average Bonchev–Trinajstić information content (AvgIpc) is 2.43. The smallest absolute Gasteiger partial charge is 0.137 e. The maximum atomic E-state index is 11.2. The van der Waals surface area contributed by atoms with Crippen molar-refractivity contribution in [2.24, 2.45) is 0 Å². The van der Waals surface area contributed by atoms with Crippen LogP contribution in [0.5, 0.6) is 5.75 Å². The van der Waals surface area contributed by atoms with Gasteiger partial charge < -0.3 is 33.2 Å². The summed E-state index contributed by atoms with van der Waals surface area (Å²) >= 11 is 0. The van der Waals surface area contributed by atoms with Crippen molar-refractivity contribution >= 4 is 5.78 Å². The third kappa shape index (κ3) is 8.13. The van der Waals surface area contributed by atoms with Crippen LogP contribution < -0.4 is 28.7 Å². The zero-order valence-electron chi connectivity index (χ0n) is 13.7. The minimum Gasteiger partial charge on any atom is -1.00 e. The van der Waals surface area contributed by atoms with Gasteiger partial charge in [0, 0.05) is 0 Å². The van der Waals surface area contributed by atoms with Crippen LogP contribution in [0.15, 0.2) is 24.3 Å². The maximum absolute atomic E-state index is 11.2. The van der Waals surface area contributed by atoms with E-state index < -0.39 is 0 Å². The number of quaternary nitrogens is 1. The molecule has 22 heavy (non-hydrogen) atoms. The first-order chi connectivity index (χ1) is 9.51. The lowest BCUT2D eigenvalue weighted by molar-refractivity contribution is -0.924. The number of ether oxygens (including phenoxy) is 1. The molecule has 0 saturated heterocycles.